The molecule has 0 saturated heterocycles. The molecule has 4 aromatic heterocycles. The van der Waals surface area contributed by atoms with Crippen LogP contribution >= 0.6 is 45.3 Å². The zero-order valence-electron chi connectivity index (χ0n) is 33.4. The zero-order chi connectivity index (χ0) is 41.6. The second kappa shape index (κ2) is 16.4. The lowest BCUT2D eigenvalue weighted by molar-refractivity contribution is 1.62. The van der Waals surface area contributed by atoms with Crippen molar-refractivity contribution < 1.29 is 0 Å². The predicted octanol–water partition coefficient (Wildman–Crippen LogP) is 11.8. The normalized spacial score (nSPS) is 12.2. The molecule has 2 aliphatic rings. The number of rotatable bonds is 6. The number of nitrogen functional groups attached to an aromatic ring is 2. The SMILES string of the molecule is Nc1ccccc1-c1ccc(-c2ccc(-c3ccccc3N)s2)s1.c1ccc(B2Nc3ccccc3-c3sc(-c4cc5c(s4)-c4ccccc4NB5c4ccccc4)cc32)cc1. The molecule has 0 saturated carbocycles. The van der Waals surface area contributed by atoms with Crippen molar-refractivity contribution >= 4 is 104 Å². The first-order valence-corrected chi connectivity index (χ1v) is 23.8. The summed E-state index contributed by atoms with van der Waals surface area (Å²) in [5.74, 6) is 0. The molecule has 0 atom stereocenters. The van der Waals surface area contributed by atoms with E-state index in [1.807, 2.05) is 59.1 Å². The molecule has 296 valence electrons. The first-order valence-electron chi connectivity index (χ1n) is 20.5. The molecule has 0 fully saturated rings. The van der Waals surface area contributed by atoms with Crippen molar-refractivity contribution in [3.63, 3.8) is 0 Å². The van der Waals surface area contributed by atoms with Gasteiger partial charge < -0.3 is 21.9 Å². The number of anilines is 4. The second-order valence-corrected chi connectivity index (χ2v) is 19.6. The summed E-state index contributed by atoms with van der Waals surface area (Å²) in [5, 5.41) is 7.65. The van der Waals surface area contributed by atoms with Crippen LogP contribution in [0.1, 0.15) is 0 Å². The Morgan fingerprint density at radius 2 is 0.677 bits per heavy atom. The van der Waals surface area contributed by atoms with E-state index in [1.165, 1.54) is 83.4 Å². The highest BCUT2D eigenvalue weighted by molar-refractivity contribution is 7.28. The maximum atomic E-state index is 6.09. The molecule has 10 aromatic rings. The second-order valence-electron chi connectivity index (χ2n) is 15.4. The highest BCUT2D eigenvalue weighted by Gasteiger charge is 2.34. The van der Waals surface area contributed by atoms with Crippen LogP contribution in [0.25, 0.3) is 61.3 Å². The summed E-state index contributed by atoms with van der Waals surface area (Å²) in [4.78, 5) is 10.3. The highest BCUT2D eigenvalue weighted by Crippen LogP contribution is 2.45. The van der Waals surface area contributed by atoms with Gasteiger partial charge in [0.05, 0.1) is 0 Å². The molecule has 10 heteroatoms. The minimum absolute atomic E-state index is 0.139. The monoisotopic (exact) mass is 868 g/mol. The van der Waals surface area contributed by atoms with Gasteiger partial charge in [0.15, 0.2) is 0 Å². The molecule has 0 radical (unpaired) electrons. The molecule has 6 N–H and O–H groups in total. The van der Waals surface area contributed by atoms with E-state index in [9.17, 15) is 0 Å². The maximum absolute atomic E-state index is 6.09. The highest BCUT2D eigenvalue weighted by atomic mass is 32.1. The standard InChI is InChI=1S/C32H22B2N2S2.C20H16N2S2/c1-3-11-21(12-4-1)33-25-19-29(37-31(25)23-15-7-9-17-27(23)35-33)30-20-26-32(38-30)24-16-8-10-18-28(24)36-34(26)22-13-5-2-6-14-22;21-15-7-3-1-5-13(15)17-9-11-19(23-17)20-12-10-18(24-20)14-6-2-4-8-16(14)22/h1-20,35-36H;1-12H,21-22H2. The van der Waals surface area contributed by atoms with Crippen molar-refractivity contribution in [1.29, 1.82) is 0 Å². The number of para-hydroxylation sites is 4. The first kappa shape index (κ1) is 38.4. The summed E-state index contributed by atoms with van der Waals surface area (Å²) in [7, 11) is 0. The van der Waals surface area contributed by atoms with Gasteiger partial charge in [-0.25, -0.2) is 0 Å². The van der Waals surface area contributed by atoms with Crippen LogP contribution in [-0.2, 0) is 0 Å². The Labute approximate surface area is 378 Å². The molecule has 6 aromatic carbocycles. The Morgan fingerprint density at radius 3 is 1.10 bits per heavy atom. The summed E-state index contributed by atoms with van der Waals surface area (Å²) < 4.78 is 0. The number of hydrogen-bond acceptors (Lipinski definition) is 8. The molecule has 0 bridgehead atoms. The third-order valence-corrected chi connectivity index (χ3v) is 16.5. The van der Waals surface area contributed by atoms with Gasteiger partial charge in [0.2, 0.25) is 0 Å². The molecule has 62 heavy (non-hydrogen) atoms. The molecule has 12 rings (SSSR count). The van der Waals surface area contributed by atoms with Crippen molar-refractivity contribution in [2.24, 2.45) is 0 Å². The van der Waals surface area contributed by atoms with Crippen LogP contribution in [-0.4, -0.2) is 13.7 Å². The Balaban J connectivity index is 0.000000155. The molecule has 0 aliphatic carbocycles. The fourth-order valence-electron chi connectivity index (χ4n) is 8.47. The lowest BCUT2D eigenvalue weighted by Gasteiger charge is -2.25. The van der Waals surface area contributed by atoms with Crippen LogP contribution in [0.2, 0.25) is 0 Å². The smallest absolute Gasteiger partial charge is 0.322 e. The van der Waals surface area contributed by atoms with Gasteiger partial charge in [-0.2, -0.15) is 0 Å². The van der Waals surface area contributed by atoms with E-state index in [1.54, 1.807) is 22.7 Å². The molecule has 0 amide bonds. The molecule has 6 heterocycles. The van der Waals surface area contributed by atoms with Crippen LogP contribution in [0, 0.1) is 0 Å². The molecule has 4 nitrogen and oxygen atoms in total. The van der Waals surface area contributed by atoms with E-state index < -0.39 is 0 Å². The van der Waals surface area contributed by atoms with Crippen LogP contribution in [0.5, 0.6) is 0 Å². The van der Waals surface area contributed by atoms with Crippen LogP contribution in [0.4, 0.5) is 22.7 Å². The Hall–Kier alpha value is -6.55. The number of nitrogens with one attached hydrogen (secondary N) is 2. The van der Waals surface area contributed by atoms with Crippen molar-refractivity contribution in [1.82, 2.24) is 0 Å². The number of thiophene rings is 4. The fraction of sp³-hybridized carbons (Fsp3) is 0. The van der Waals surface area contributed by atoms with E-state index in [0.717, 1.165) is 22.5 Å². The molecule has 0 spiro atoms. The lowest BCUT2D eigenvalue weighted by Crippen LogP contribution is -2.51. The van der Waals surface area contributed by atoms with Crippen molar-refractivity contribution in [3.05, 3.63) is 194 Å². The van der Waals surface area contributed by atoms with Crippen LogP contribution in [0.3, 0.4) is 0 Å². The largest absolute Gasteiger partial charge is 0.420 e. The van der Waals surface area contributed by atoms with Gasteiger partial charge in [0.1, 0.15) is 0 Å². The van der Waals surface area contributed by atoms with Gasteiger partial charge in [-0.3, -0.25) is 0 Å². The summed E-state index contributed by atoms with van der Waals surface area (Å²) in [6, 6.07) is 68.4. The van der Waals surface area contributed by atoms with E-state index in [2.05, 4.69) is 168 Å². The van der Waals surface area contributed by atoms with Gasteiger partial charge in [-0.05, 0) is 71.6 Å². The van der Waals surface area contributed by atoms with Gasteiger partial charge in [-0.1, -0.05) is 144 Å². The van der Waals surface area contributed by atoms with Crippen LogP contribution in [0.15, 0.2) is 194 Å². The Morgan fingerprint density at radius 1 is 0.323 bits per heavy atom. The zero-order valence-corrected chi connectivity index (χ0v) is 36.7. The summed E-state index contributed by atoms with van der Waals surface area (Å²) in [6.45, 7) is 0.278. The average Bonchev–Trinajstić information content (AvgIpc) is 4.17. The quantitative estimate of drug-likeness (QED) is 0.0992. The third-order valence-electron chi connectivity index (χ3n) is 11.5. The number of fused-ring (bicyclic) bond motifs is 6. The number of benzene rings is 6. The minimum Gasteiger partial charge on any atom is -0.420 e. The van der Waals surface area contributed by atoms with E-state index in [4.69, 9.17) is 11.5 Å². The first-order chi connectivity index (χ1) is 30.6. The average molecular weight is 869 g/mol. The molecule has 0 unspecified atom stereocenters. The molecular formula is C52H38B2N4S4. The maximum Gasteiger partial charge on any atom is 0.322 e. The van der Waals surface area contributed by atoms with Crippen molar-refractivity contribution in [2.45, 2.75) is 0 Å². The third kappa shape index (κ3) is 7.15. The van der Waals surface area contributed by atoms with Gasteiger partial charge in [0.25, 0.3) is 0 Å². The minimum atomic E-state index is 0.139. The van der Waals surface area contributed by atoms with E-state index in [0.29, 0.717) is 0 Å². The van der Waals surface area contributed by atoms with E-state index >= 15 is 0 Å². The van der Waals surface area contributed by atoms with Crippen molar-refractivity contribution in [2.75, 3.05) is 21.9 Å². The Bertz CT molecular complexity index is 2990. The van der Waals surface area contributed by atoms with E-state index in [-0.39, 0.29) is 13.7 Å². The summed E-state index contributed by atoms with van der Waals surface area (Å²) in [6.07, 6.45) is 0. The number of nitrogens with two attached hydrogens (primary N) is 2. The number of hydrogen-bond donors (Lipinski definition) is 4. The summed E-state index contributed by atoms with van der Waals surface area (Å²) >= 11 is 7.37. The topological polar surface area (TPSA) is 76.1 Å². The van der Waals surface area contributed by atoms with Crippen LogP contribution < -0.4 is 43.8 Å². The fourth-order valence-corrected chi connectivity index (χ4v) is 13.2. The molecular weight excluding hydrogens is 830 g/mol. The predicted molar refractivity (Wildman–Crippen MR) is 276 cm³/mol. The molecule has 2 aliphatic heterocycles. The summed E-state index contributed by atoms with van der Waals surface area (Å²) in [5.41, 5.74) is 26.3. The van der Waals surface area contributed by atoms with Crippen molar-refractivity contribution in [3.8, 4) is 61.3 Å². The van der Waals surface area contributed by atoms with Gasteiger partial charge in [0, 0.05) is 84.0 Å². The lowest BCUT2D eigenvalue weighted by atomic mass is 9.49. The Kier molecular flexibility index (Phi) is 10.1. The van der Waals surface area contributed by atoms with Gasteiger partial charge in [-0.15, -0.1) is 45.3 Å². The van der Waals surface area contributed by atoms with Gasteiger partial charge >= 0.3 is 13.7 Å².